The van der Waals surface area contributed by atoms with Gasteiger partial charge in [-0.05, 0) is 37.1 Å². The van der Waals surface area contributed by atoms with E-state index in [-0.39, 0.29) is 27.9 Å². The van der Waals surface area contributed by atoms with Crippen molar-refractivity contribution in [3.05, 3.63) is 29.7 Å². The molecular formula is C20H28FN5O4S2. The second-order valence-electron chi connectivity index (χ2n) is 8.13. The molecule has 176 valence electrons. The van der Waals surface area contributed by atoms with Crippen molar-refractivity contribution in [2.75, 3.05) is 38.3 Å². The number of anilines is 1. The number of sulfone groups is 1. The molecule has 1 heterocycles. The number of hydrogen-bond acceptors (Lipinski definition) is 7. The summed E-state index contributed by atoms with van der Waals surface area (Å²) in [6, 6.07) is 3.22. The lowest BCUT2D eigenvalue weighted by molar-refractivity contribution is -0.120. The van der Waals surface area contributed by atoms with Gasteiger partial charge in [-0.25, -0.2) is 22.6 Å². The van der Waals surface area contributed by atoms with Crippen LogP contribution in [0.15, 0.2) is 23.1 Å². The second kappa shape index (κ2) is 10.4. The Hall–Kier alpha value is -2.57. The van der Waals surface area contributed by atoms with E-state index in [9.17, 15) is 22.4 Å². The first-order chi connectivity index (χ1) is 14.8. The molecule has 0 saturated heterocycles. The SMILES string of the molecule is CNCC(C)(C)CNC(=O)CNC(=O)Nc1nc(C)c(-c2ccc(S(C)(=O)=O)c(F)c2)s1. The van der Waals surface area contributed by atoms with Gasteiger partial charge in [0.2, 0.25) is 5.91 Å². The molecule has 0 unspecified atom stereocenters. The molecule has 0 bridgehead atoms. The molecule has 4 N–H and O–H groups in total. The molecular weight excluding hydrogens is 457 g/mol. The average Bonchev–Trinajstić information content (AvgIpc) is 3.03. The molecule has 0 aliphatic heterocycles. The molecule has 0 atom stereocenters. The second-order valence-corrected chi connectivity index (χ2v) is 11.1. The van der Waals surface area contributed by atoms with Crippen LogP contribution < -0.4 is 21.3 Å². The quantitative estimate of drug-likeness (QED) is 0.431. The summed E-state index contributed by atoms with van der Waals surface area (Å²) in [4.78, 5) is 28.5. The third-order valence-electron chi connectivity index (χ3n) is 4.44. The molecule has 1 aromatic carbocycles. The van der Waals surface area contributed by atoms with E-state index in [1.165, 1.54) is 12.1 Å². The van der Waals surface area contributed by atoms with E-state index in [0.717, 1.165) is 30.2 Å². The number of carbonyl (C=O) groups is 2. The van der Waals surface area contributed by atoms with Gasteiger partial charge in [0, 0.05) is 19.3 Å². The van der Waals surface area contributed by atoms with Crippen molar-refractivity contribution in [1.82, 2.24) is 20.9 Å². The van der Waals surface area contributed by atoms with Crippen molar-refractivity contribution in [1.29, 1.82) is 0 Å². The molecule has 2 aromatic rings. The van der Waals surface area contributed by atoms with Crippen LogP contribution in [0.5, 0.6) is 0 Å². The monoisotopic (exact) mass is 485 g/mol. The number of aryl methyl sites for hydroxylation is 1. The van der Waals surface area contributed by atoms with E-state index < -0.39 is 21.7 Å². The summed E-state index contributed by atoms with van der Waals surface area (Å²) in [7, 11) is -1.83. The molecule has 9 nitrogen and oxygen atoms in total. The van der Waals surface area contributed by atoms with Gasteiger partial charge in [-0.15, -0.1) is 0 Å². The zero-order valence-electron chi connectivity index (χ0n) is 18.6. The van der Waals surface area contributed by atoms with Crippen molar-refractivity contribution in [2.24, 2.45) is 5.41 Å². The van der Waals surface area contributed by atoms with Gasteiger partial charge in [0.25, 0.3) is 0 Å². The number of thiazole rings is 1. The highest BCUT2D eigenvalue weighted by atomic mass is 32.2. The minimum atomic E-state index is -3.67. The smallest absolute Gasteiger partial charge is 0.321 e. The topological polar surface area (TPSA) is 129 Å². The van der Waals surface area contributed by atoms with Gasteiger partial charge in [-0.1, -0.05) is 31.3 Å². The third-order valence-corrected chi connectivity index (χ3v) is 6.69. The summed E-state index contributed by atoms with van der Waals surface area (Å²) in [6.45, 7) is 6.70. The first kappa shape index (κ1) is 25.7. The van der Waals surface area contributed by atoms with Gasteiger partial charge in [-0.2, -0.15) is 0 Å². The largest absolute Gasteiger partial charge is 0.354 e. The van der Waals surface area contributed by atoms with Gasteiger partial charge in [0.1, 0.15) is 10.7 Å². The van der Waals surface area contributed by atoms with Gasteiger partial charge in [0.15, 0.2) is 15.0 Å². The summed E-state index contributed by atoms with van der Waals surface area (Å²) < 4.78 is 37.4. The van der Waals surface area contributed by atoms with Gasteiger partial charge in [-0.3, -0.25) is 10.1 Å². The van der Waals surface area contributed by atoms with Crippen LogP contribution in [0.3, 0.4) is 0 Å². The van der Waals surface area contributed by atoms with Gasteiger partial charge in [0.05, 0.1) is 17.1 Å². The lowest BCUT2D eigenvalue weighted by atomic mass is 9.93. The van der Waals surface area contributed by atoms with E-state index in [0.29, 0.717) is 22.7 Å². The fraction of sp³-hybridized carbons (Fsp3) is 0.450. The molecule has 0 aliphatic carbocycles. The molecule has 3 amide bonds. The van der Waals surface area contributed by atoms with E-state index >= 15 is 0 Å². The maximum absolute atomic E-state index is 14.2. The number of benzene rings is 1. The van der Waals surface area contributed by atoms with Crippen molar-refractivity contribution in [3.63, 3.8) is 0 Å². The summed E-state index contributed by atoms with van der Waals surface area (Å²) in [5, 5.41) is 11.1. The highest BCUT2D eigenvalue weighted by Crippen LogP contribution is 2.34. The van der Waals surface area contributed by atoms with Crippen LogP contribution >= 0.6 is 11.3 Å². The number of halogens is 1. The average molecular weight is 486 g/mol. The molecule has 0 fully saturated rings. The van der Waals surface area contributed by atoms with Crippen LogP contribution in [0.25, 0.3) is 10.4 Å². The predicted molar refractivity (Wildman–Crippen MR) is 123 cm³/mol. The Morgan fingerprint density at radius 2 is 1.88 bits per heavy atom. The number of aromatic nitrogens is 1. The number of rotatable bonds is 9. The number of hydrogen-bond donors (Lipinski definition) is 4. The Bertz CT molecular complexity index is 1100. The van der Waals surface area contributed by atoms with E-state index in [4.69, 9.17) is 0 Å². The molecule has 1 aromatic heterocycles. The standard InChI is InChI=1S/C20H28FN5O4S2/c1-12-17(13-6-7-15(14(21)8-13)32(5,29)30)31-19(25-12)26-18(28)23-9-16(27)24-11-20(2,3)10-22-4/h6-8,22H,9-11H2,1-5H3,(H,24,27)(H2,23,25,26,28). The number of urea groups is 1. The molecule has 2 rings (SSSR count). The Morgan fingerprint density at radius 1 is 1.19 bits per heavy atom. The summed E-state index contributed by atoms with van der Waals surface area (Å²) >= 11 is 1.11. The van der Waals surface area contributed by atoms with Crippen molar-refractivity contribution < 1.29 is 22.4 Å². The molecule has 0 saturated carbocycles. The maximum atomic E-state index is 14.2. The minimum absolute atomic E-state index is 0.125. The summed E-state index contributed by atoms with van der Waals surface area (Å²) in [6.07, 6.45) is 0.938. The predicted octanol–water partition coefficient (Wildman–Crippen LogP) is 2.14. The fourth-order valence-corrected chi connectivity index (χ4v) is 4.59. The van der Waals surface area contributed by atoms with Crippen LogP contribution in [-0.4, -0.2) is 58.3 Å². The Balaban J connectivity index is 1.96. The normalized spacial score (nSPS) is 11.8. The van der Waals surface area contributed by atoms with E-state index in [1.54, 1.807) is 6.92 Å². The molecule has 12 heteroatoms. The maximum Gasteiger partial charge on any atom is 0.321 e. The van der Waals surface area contributed by atoms with Crippen LogP contribution in [0.4, 0.5) is 14.3 Å². The molecule has 0 radical (unpaired) electrons. The first-order valence-electron chi connectivity index (χ1n) is 9.76. The van der Waals surface area contributed by atoms with Crippen molar-refractivity contribution in [3.8, 4) is 10.4 Å². The summed E-state index contributed by atoms with van der Waals surface area (Å²) in [5.74, 6) is -1.17. The molecule has 0 aliphatic rings. The fourth-order valence-electron chi connectivity index (χ4n) is 2.90. The van der Waals surface area contributed by atoms with E-state index in [2.05, 4.69) is 26.3 Å². The zero-order valence-corrected chi connectivity index (χ0v) is 20.3. The summed E-state index contributed by atoms with van der Waals surface area (Å²) in [5.41, 5.74) is 0.865. The molecule has 32 heavy (non-hydrogen) atoms. The third kappa shape index (κ3) is 7.24. The number of amides is 3. The number of nitrogens with one attached hydrogen (secondary N) is 4. The number of carbonyl (C=O) groups excluding carboxylic acids is 2. The lowest BCUT2D eigenvalue weighted by Crippen LogP contribution is -2.44. The van der Waals surface area contributed by atoms with Gasteiger partial charge >= 0.3 is 6.03 Å². The lowest BCUT2D eigenvalue weighted by Gasteiger charge is -2.24. The van der Waals surface area contributed by atoms with Crippen molar-refractivity contribution in [2.45, 2.75) is 25.7 Å². The highest BCUT2D eigenvalue weighted by molar-refractivity contribution is 7.90. The van der Waals surface area contributed by atoms with Gasteiger partial charge < -0.3 is 16.0 Å². The Morgan fingerprint density at radius 3 is 2.47 bits per heavy atom. The first-order valence-corrected chi connectivity index (χ1v) is 12.5. The van der Waals surface area contributed by atoms with Crippen LogP contribution in [0, 0.1) is 18.2 Å². The van der Waals surface area contributed by atoms with Crippen LogP contribution in [0.2, 0.25) is 0 Å². The minimum Gasteiger partial charge on any atom is -0.354 e. The Labute approximate surface area is 191 Å². The Kier molecular flexibility index (Phi) is 8.32. The van der Waals surface area contributed by atoms with Crippen LogP contribution in [-0.2, 0) is 14.6 Å². The number of nitrogens with zero attached hydrogens (tertiary/aromatic N) is 1. The van der Waals surface area contributed by atoms with Crippen molar-refractivity contribution >= 4 is 38.2 Å². The highest BCUT2D eigenvalue weighted by Gasteiger charge is 2.19. The molecule has 0 spiro atoms. The zero-order chi connectivity index (χ0) is 24.1. The van der Waals surface area contributed by atoms with E-state index in [1.807, 2.05) is 20.9 Å². The van der Waals surface area contributed by atoms with Crippen LogP contribution in [0.1, 0.15) is 19.5 Å².